The first-order valence-corrected chi connectivity index (χ1v) is 5.43. The Labute approximate surface area is 98.8 Å². The van der Waals surface area contributed by atoms with E-state index in [-0.39, 0.29) is 29.2 Å². The van der Waals surface area contributed by atoms with Crippen LogP contribution in [-0.2, 0) is 9.59 Å². The zero-order valence-electron chi connectivity index (χ0n) is 9.51. The summed E-state index contributed by atoms with van der Waals surface area (Å²) in [5.41, 5.74) is 6.28. The van der Waals surface area contributed by atoms with Gasteiger partial charge in [0.15, 0.2) is 0 Å². The van der Waals surface area contributed by atoms with Gasteiger partial charge in [0.1, 0.15) is 5.75 Å². The van der Waals surface area contributed by atoms with Crippen LogP contribution in [0.15, 0.2) is 18.2 Å². The molecule has 0 unspecified atom stereocenters. The average Bonchev–Trinajstić information content (AvgIpc) is 2.19. The number of phenols is 1. The molecule has 1 aromatic carbocycles. The maximum absolute atomic E-state index is 11.8. The summed E-state index contributed by atoms with van der Waals surface area (Å²) in [6.45, 7) is 1.87. The first-order valence-electron chi connectivity index (χ1n) is 5.43. The molecule has 0 aromatic heterocycles. The lowest BCUT2D eigenvalue weighted by atomic mass is 9.97. The van der Waals surface area contributed by atoms with Crippen molar-refractivity contribution in [2.75, 3.05) is 10.6 Å². The number of hydrogen-bond acceptors (Lipinski definition) is 4. The second kappa shape index (κ2) is 4.08. The number of amides is 2. The fourth-order valence-corrected chi connectivity index (χ4v) is 2.00. The SMILES string of the molecule is CC1CC(=O)N(c2ccc(O)cc2N)C(=O)C1. The number of piperidine rings is 1. The molecule has 0 radical (unpaired) electrons. The summed E-state index contributed by atoms with van der Waals surface area (Å²) in [5.74, 6) is -0.404. The predicted molar refractivity (Wildman–Crippen MR) is 63.4 cm³/mol. The van der Waals surface area contributed by atoms with Crippen molar-refractivity contribution < 1.29 is 14.7 Å². The Morgan fingerprint density at radius 1 is 1.29 bits per heavy atom. The molecule has 0 bridgehead atoms. The number of anilines is 2. The molecule has 1 aliphatic heterocycles. The standard InChI is InChI=1S/C12H14N2O3/c1-7-4-11(16)14(12(17)5-7)10-3-2-8(15)6-9(10)13/h2-3,6-7,15H,4-5,13H2,1H3. The van der Waals surface area contributed by atoms with Gasteiger partial charge in [-0.25, -0.2) is 4.90 Å². The molecule has 17 heavy (non-hydrogen) atoms. The number of nitrogens with two attached hydrogens (primary N) is 1. The van der Waals surface area contributed by atoms with Gasteiger partial charge in [0, 0.05) is 18.9 Å². The van der Waals surface area contributed by atoms with Crippen molar-refractivity contribution >= 4 is 23.2 Å². The van der Waals surface area contributed by atoms with E-state index in [0.717, 1.165) is 4.90 Å². The molecule has 2 rings (SSSR count). The number of nitrogen functional groups attached to an aromatic ring is 1. The lowest BCUT2D eigenvalue weighted by Gasteiger charge is -2.29. The molecule has 0 spiro atoms. The van der Waals surface area contributed by atoms with Gasteiger partial charge < -0.3 is 10.8 Å². The van der Waals surface area contributed by atoms with Crippen molar-refractivity contribution in [1.82, 2.24) is 0 Å². The van der Waals surface area contributed by atoms with Crippen LogP contribution in [0.3, 0.4) is 0 Å². The molecular weight excluding hydrogens is 220 g/mol. The molecule has 5 nitrogen and oxygen atoms in total. The lowest BCUT2D eigenvalue weighted by molar-refractivity contribution is -0.130. The zero-order valence-corrected chi connectivity index (χ0v) is 9.51. The maximum Gasteiger partial charge on any atom is 0.234 e. The molecule has 5 heteroatoms. The Hall–Kier alpha value is -2.04. The van der Waals surface area contributed by atoms with Crippen molar-refractivity contribution in [3.05, 3.63) is 18.2 Å². The number of aromatic hydroxyl groups is 1. The lowest BCUT2D eigenvalue weighted by Crippen LogP contribution is -2.43. The predicted octanol–water partition coefficient (Wildman–Crippen LogP) is 1.26. The van der Waals surface area contributed by atoms with Gasteiger partial charge in [0.25, 0.3) is 0 Å². The van der Waals surface area contributed by atoms with Crippen LogP contribution in [0.5, 0.6) is 5.75 Å². The molecule has 1 saturated heterocycles. The molecule has 90 valence electrons. The second-order valence-corrected chi connectivity index (χ2v) is 4.38. The van der Waals surface area contributed by atoms with E-state index in [2.05, 4.69) is 0 Å². The van der Waals surface area contributed by atoms with Crippen LogP contribution in [0.2, 0.25) is 0 Å². The van der Waals surface area contributed by atoms with Gasteiger partial charge in [-0.2, -0.15) is 0 Å². The number of carbonyl (C=O) groups is 2. The van der Waals surface area contributed by atoms with Crippen LogP contribution in [-0.4, -0.2) is 16.9 Å². The monoisotopic (exact) mass is 234 g/mol. The summed E-state index contributed by atoms with van der Waals surface area (Å²) in [4.78, 5) is 24.8. The minimum atomic E-state index is -0.244. The summed E-state index contributed by atoms with van der Waals surface area (Å²) in [5, 5.41) is 9.24. The van der Waals surface area contributed by atoms with Gasteiger partial charge in [0.2, 0.25) is 11.8 Å². The Morgan fingerprint density at radius 2 is 1.88 bits per heavy atom. The minimum Gasteiger partial charge on any atom is -0.508 e. The first kappa shape index (κ1) is 11.4. The van der Waals surface area contributed by atoms with Crippen molar-refractivity contribution in [3.8, 4) is 5.75 Å². The fourth-order valence-electron chi connectivity index (χ4n) is 2.00. The normalized spacial score (nSPS) is 17.6. The van der Waals surface area contributed by atoms with Crippen molar-refractivity contribution in [2.45, 2.75) is 19.8 Å². The number of hydrogen-bond donors (Lipinski definition) is 2. The highest BCUT2D eigenvalue weighted by Crippen LogP contribution is 2.31. The van der Waals surface area contributed by atoms with Gasteiger partial charge in [0.05, 0.1) is 11.4 Å². The molecule has 1 fully saturated rings. The van der Waals surface area contributed by atoms with Crippen LogP contribution >= 0.6 is 0 Å². The van der Waals surface area contributed by atoms with E-state index in [9.17, 15) is 14.7 Å². The van der Waals surface area contributed by atoms with Crippen molar-refractivity contribution in [2.24, 2.45) is 5.92 Å². The summed E-state index contributed by atoms with van der Waals surface area (Å²) >= 11 is 0. The molecule has 3 N–H and O–H groups in total. The van der Waals surface area contributed by atoms with E-state index in [1.54, 1.807) is 0 Å². The molecule has 0 atom stereocenters. The Morgan fingerprint density at radius 3 is 2.41 bits per heavy atom. The Kier molecular flexibility index (Phi) is 2.75. The molecule has 1 aromatic rings. The largest absolute Gasteiger partial charge is 0.508 e. The third-order valence-electron chi connectivity index (χ3n) is 2.80. The number of phenolic OH excluding ortho intramolecular Hbond substituents is 1. The van der Waals surface area contributed by atoms with Gasteiger partial charge in [-0.15, -0.1) is 0 Å². The van der Waals surface area contributed by atoms with Gasteiger partial charge >= 0.3 is 0 Å². The Bertz CT molecular complexity index is 467. The summed E-state index contributed by atoms with van der Waals surface area (Å²) in [7, 11) is 0. The van der Waals surface area contributed by atoms with Crippen molar-refractivity contribution in [3.63, 3.8) is 0 Å². The van der Waals surface area contributed by atoms with E-state index >= 15 is 0 Å². The number of rotatable bonds is 1. The maximum atomic E-state index is 11.8. The molecule has 2 amide bonds. The van der Waals surface area contributed by atoms with Gasteiger partial charge in [-0.05, 0) is 18.1 Å². The van der Waals surface area contributed by atoms with Crippen LogP contribution in [0.25, 0.3) is 0 Å². The third kappa shape index (κ3) is 2.08. The van der Waals surface area contributed by atoms with E-state index in [1.165, 1.54) is 18.2 Å². The van der Waals surface area contributed by atoms with Crippen LogP contribution < -0.4 is 10.6 Å². The van der Waals surface area contributed by atoms with Gasteiger partial charge in [-0.1, -0.05) is 6.92 Å². The van der Waals surface area contributed by atoms with Crippen LogP contribution in [0.4, 0.5) is 11.4 Å². The van der Waals surface area contributed by atoms with Crippen molar-refractivity contribution in [1.29, 1.82) is 0 Å². The highest BCUT2D eigenvalue weighted by molar-refractivity contribution is 6.18. The highest BCUT2D eigenvalue weighted by atomic mass is 16.3. The topological polar surface area (TPSA) is 83.6 Å². The van der Waals surface area contributed by atoms with Crippen LogP contribution in [0.1, 0.15) is 19.8 Å². The molecule has 0 aliphatic carbocycles. The smallest absolute Gasteiger partial charge is 0.234 e. The Balaban J connectivity index is 2.38. The summed E-state index contributed by atoms with van der Waals surface area (Å²) in [6.07, 6.45) is 0.679. The van der Waals surface area contributed by atoms with Gasteiger partial charge in [-0.3, -0.25) is 9.59 Å². The number of nitrogens with zero attached hydrogens (tertiary/aromatic N) is 1. The average molecular weight is 234 g/mol. The first-order chi connectivity index (χ1) is 7.99. The third-order valence-corrected chi connectivity index (χ3v) is 2.80. The summed E-state index contributed by atoms with van der Waals surface area (Å²) in [6, 6.07) is 4.22. The molecule has 1 heterocycles. The minimum absolute atomic E-state index is 0.0107. The zero-order chi connectivity index (χ0) is 12.6. The number of carbonyl (C=O) groups excluding carboxylic acids is 2. The van der Waals surface area contributed by atoms with E-state index in [0.29, 0.717) is 18.5 Å². The van der Waals surface area contributed by atoms with E-state index in [1.807, 2.05) is 6.92 Å². The van der Waals surface area contributed by atoms with Crippen LogP contribution in [0, 0.1) is 5.92 Å². The number of benzene rings is 1. The quantitative estimate of drug-likeness (QED) is 0.566. The van der Waals surface area contributed by atoms with E-state index in [4.69, 9.17) is 5.73 Å². The second-order valence-electron chi connectivity index (χ2n) is 4.38. The molecule has 0 saturated carbocycles. The summed E-state index contributed by atoms with van der Waals surface area (Å²) < 4.78 is 0. The fraction of sp³-hybridized carbons (Fsp3) is 0.333. The van der Waals surface area contributed by atoms with E-state index < -0.39 is 0 Å². The number of imide groups is 1. The molecular formula is C12H14N2O3. The highest BCUT2D eigenvalue weighted by Gasteiger charge is 2.32. The molecule has 1 aliphatic rings.